The van der Waals surface area contributed by atoms with Gasteiger partial charge in [0.1, 0.15) is 0 Å². The van der Waals surface area contributed by atoms with Gasteiger partial charge >= 0.3 is 0 Å². The maximum Gasteiger partial charge on any atom is 0.232 e. The van der Waals surface area contributed by atoms with Gasteiger partial charge in [0.05, 0.1) is 12.4 Å². The third-order valence-corrected chi connectivity index (χ3v) is 4.38. The minimum absolute atomic E-state index is 0.244. The number of amides is 1. The Morgan fingerprint density at radius 1 is 1.47 bits per heavy atom. The van der Waals surface area contributed by atoms with Crippen LogP contribution in [0.5, 0.6) is 0 Å². The van der Waals surface area contributed by atoms with Crippen molar-refractivity contribution in [3.63, 3.8) is 0 Å². The molecule has 17 heavy (non-hydrogen) atoms. The van der Waals surface area contributed by atoms with Crippen LogP contribution in [0.4, 0.5) is 0 Å². The van der Waals surface area contributed by atoms with Gasteiger partial charge in [0.2, 0.25) is 5.91 Å². The fourth-order valence-electron chi connectivity index (χ4n) is 1.90. The van der Waals surface area contributed by atoms with Gasteiger partial charge in [-0.15, -0.1) is 11.8 Å². The zero-order valence-corrected chi connectivity index (χ0v) is 11.7. The molecule has 4 nitrogen and oxygen atoms in total. The van der Waals surface area contributed by atoms with Crippen molar-refractivity contribution < 1.29 is 9.53 Å². The third kappa shape index (κ3) is 5.75. The van der Waals surface area contributed by atoms with Crippen molar-refractivity contribution in [2.45, 2.75) is 25.0 Å². The van der Waals surface area contributed by atoms with E-state index in [1.165, 1.54) is 12.8 Å². The molecule has 0 unspecified atom stereocenters. The van der Waals surface area contributed by atoms with Crippen molar-refractivity contribution in [1.82, 2.24) is 10.2 Å². The van der Waals surface area contributed by atoms with E-state index in [-0.39, 0.29) is 5.91 Å². The minimum atomic E-state index is 0.244. The van der Waals surface area contributed by atoms with E-state index < -0.39 is 0 Å². The van der Waals surface area contributed by atoms with Crippen LogP contribution < -0.4 is 5.32 Å². The number of methoxy groups -OCH3 is 1. The molecule has 100 valence electrons. The smallest absolute Gasteiger partial charge is 0.232 e. The second-order valence-electron chi connectivity index (χ2n) is 4.23. The highest BCUT2D eigenvalue weighted by Crippen LogP contribution is 2.20. The Morgan fingerprint density at radius 2 is 2.18 bits per heavy atom. The van der Waals surface area contributed by atoms with Crippen LogP contribution in [0, 0.1) is 0 Å². The number of ether oxygens (including phenoxy) is 1. The standard InChI is InChI=1S/C12H24N2O2S/c1-3-14(8-9-16-2)12(15)10-17-11-4-6-13-7-5-11/h11,13H,3-10H2,1-2H3. The molecule has 0 aromatic rings. The maximum atomic E-state index is 12.0. The van der Waals surface area contributed by atoms with Crippen LogP contribution in [-0.2, 0) is 9.53 Å². The first-order valence-electron chi connectivity index (χ1n) is 6.37. The number of piperidine rings is 1. The van der Waals surface area contributed by atoms with Gasteiger partial charge in [-0.05, 0) is 32.9 Å². The lowest BCUT2D eigenvalue weighted by molar-refractivity contribution is -0.128. The highest BCUT2D eigenvalue weighted by molar-refractivity contribution is 8.00. The summed E-state index contributed by atoms with van der Waals surface area (Å²) in [7, 11) is 1.67. The molecular weight excluding hydrogens is 236 g/mol. The average molecular weight is 260 g/mol. The summed E-state index contributed by atoms with van der Waals surface area (Å²) in [6.45, 7) is 6.30. The van der Waals surface area contributed by atoms with E-state index in [9.17, 15) is 4.79 Å². The van der Waals surface area contributed by atoms with E-state index in [2.05, 4.69) is 5.32 Å². The Bertz CT molecular complexity index is 221. The van der Waals surface area contributed by atoms with Crippen LogP contribution in [0.25, 0.3) is 0 Å². The molecule has 0 atom stereocenters. The van der Waals surface area contributed by atoms with Gasteiger partial charge in [-0.2, -0.15) is 0 Å². The highest BCUT2D eigenvalue weighted by atomic mass is 32.2. The molecule has 0 aliphatic carbocycles. The fourth-order valence-corrected chi connectivity index (χ4v) is 3.03. The van der Waals surface area contributed by atoms with E-state index in [0.717, 1.165) is 19.6 Å². The summed E-state index contributed by atoms with van der Waals surface area (Å²) in [5.41, 5.74) is 0. The fraction of sp³-hybridized carbons (Fsp3) is 0.917. The summed E-state index contributed by atoms with van der Waals surface area (Å²) in [6.07, 6.45) is 2.37. The Balaban J connectivity index is 2.21. The Hall–Kier alpha value is -0.260. The molecule has 0 bridgehead atoms. The second-order valence-corrected chi connectivity index (χ2v) is 5.52. The summed E-state index contributed by atoms with van der Waals surface area (Å²) in [4.78, 5) is 13.8. The van der Waals surface area contributed by atoms with Gasteiger partial charge in [-0.1, -0.05) is 0 Å². The number of likely N-dealkylation sites (N-methyl/N-ethyl adjacent to an activating group) is 1. The first-order valence-corrected chi connectivity index (χ1v) is 7.41. The molecule has 0 saturated carbocycles. The van der Waals surface area contributed by atoms with E-state index in [0.29, 0.717) is 24.2 Å². The van der Waals surface area contributed by atoms with Crippen LogP contribution >= 0.6 is 11.8 Å². The van der Waals surface area contributed by atoms with Gasteiger partial charge in [-0.3, -0.25) is 4.79 Å². The number of hydrogen-bond acceptors (Lipinski definition) is 4. The summed E-state index contributed by atoms with van der Waals surface area (Å²) in [5.74, 6) is 0.857. The van der Waals surface area contributed by atoms with Gasteiger partial charge in [0.15, 0.2) is 0 Å². The van der Waals surface area contributed by atoms with Gasteiger partial charge < -0.3 is 15.0 Å². The number of carbonyl (C=O) groups excluding carboxylic acids is 1. The summed E-state index contributed by atoms with van der Waals surface area (Å²) in [6, 6.07) is 0. The first-order chi connectivity index (χ1) is 8.27. The Labute approximate surface area is 108 Å². The second kappa shape index (κ2) is 8.78. The van der Waals surface area contributed by atoms with Gasteiger partial charge in [0.25, 0.3) is 0 Å². The van der Waals surface area contributed by atoms with E-state index in [4.69, 9.17) is 4.74 Å². The predicted octanol–water partition coefficient (Wildman–Crippen LogP) is 0.966. The minimum Gasteiger partial charge on any atom is -0.383 e. The molecule has 1 heterocycles. The lowest BCUT2D eigenvalue weighted by atomic mass is 10.2. The van der Waals surface area contributed by atoms with Crippen LogP contribution in [0.15, 0.2) is 0 Å². The normalized spacial score (nSPS) is 17.1. The molecule has 0 radical (unpaired) electrons. The van der Waals surface area contributed by atoms with Crippen molar-refractivity contribution in [1.29, 1.82) is 0 Å². The number of nitrogens with zero attached hydrogens (tertiary/aromatic N) is 1. The number of carbonyl (C=O) groups is 1. The van der Waals surface area contributed by atoms with Gasteiger partial charge in [-0.25, -0.2) is 0 Å². The average Bonchev–Trinajstić information content (AvgIpc) is 2.38. The van der Waals surface area contributed by atoms with Crippen LogP contribution in [0.2, 0.25) is 0 Å². The SMILES string of the molecule is CCN(CCOC)C(=O)CSC1CCNCC1. The molecule has 1 aliphatic heterocycles. The number of rotatable bonds is 7. The Morgan fingerprint density at radius 3 is 2.76 bits per heavy atom. The molecule has 0 aromatic carbocycles. The van der Waals surface area contributed by atoms with Crippen LogP contribution in [-0.4, -0.2) is 61.7 Å². The van der Waals surface area contributed by atoms with Crippen molar-refractivity contribution in [3.05, 3.63) is 0 Å². The molecule has 1 fully saturated rings. The quantitative estimate of drug-likeness (QED) is 0.740. The molecule has 0 spiro atoms. The van der Waals surface area contributed by atoms with Crippen LogP contribution in [0.1, 0.15) is 19.8 Å². The number of nitrogens with one attached hydrogen (secondary N) is 1. The zero-order chi connectivity index (χ0) is 12.5. The predicted molar refractivity (Wildman–Crippen MR) is 72.5 cm³/mol. The molecule has 1 aliphatic rings. The molecule has 1 rings (SSSR count). The van der Waals surface area contributed by atoms with Crippen LogP contribution in [0.3, 0.4) is 0 Å². The third-order valence-electron chi connectivity index (χ3n) is 3.03. The molecule has 5 heteroatoms. The van der Waals surface area contributed by atoms with Crippen molar-refractivity contribution in [2.75, 3.05) is 45.6 Å². The van der Waals surface area contributed by atoms with Gasteiger partial charge in [0, 0.05) is 25.4 Å². The molecular formula is C12H24N2O2S. The monoisotopic (exact) mass is 260 g/mol. The first kappa shape index (κ1) is 14.8. The van der Waals surface area contributed by atoms with E-state index in [1.54, 1.807) is 7.11 Å². The number of hydrogen-bond donors (Lipinski definition) is 1. The van der Waals surface area contributed by atoms with Crippen molar-refractivity contribution >= 4 is 17.7 Å². The Kier molecular flexibility index (Phi) is 7.64. The maximum absolute atomic E-state index is 12.0. The molecule has 1 saturated heterocycles. The zero-order valence-electron chi connectivity index (χ0n) is 10.9. The topological polar surface area (TPSA) is 41.6 Å². The highest BCUT2D eigenvalue weighted by Gasteiger charge is 2.17. The van der Waals surface area contributed by atoms with E-state index in [1.807, 2.05) is 23.6 Å². The summed E-state index contributed by atoms with van der Waals surface area (Å²) >= 11 is 1.81. The largest absolute Gasteiger partial charge is 0.383 e. The molecule has 1 N–H and O–H groups in total. The number of thioether (sulfide) groups is 1. The van der Waals surface area contributed by atoms with Crippen molar-refractivity contribution in [2.24, 2.45) is 0 Å². The van der Waals surface area contributed by atoms with Crippen molar-refractivity contribution in [3.8, 4) is 0 Å². The lowest BCUT2D eigenvalue weighted by Crippen LogP contribution is -2.36. The van der Waals surface area contributed by atoms with E-state index >= 15 is 0 Å². The summed E-state index contributed by atoms with van der Waals surface area (Å²) < 4.78 is 5.01. The molecule has 1 amide bonds. The summed E-state index contributed by atoms with van der Waals surface area (Å²) in [5, 5.41) is 3.99. The lowest BCUT2D eigenvalue weighted by Gasteiger charge is -2.24. The molecule has 0 aromatic heterocycles.